The molecule has 0 saturated heterocycles. The van der Waals surface area contributed by atoms with Gasteiger partial charge in [0.05, 0.1) is 5.69 Å². The predicted molar refractivity (Wildman–Crippen MR) is 122 cm³/mol. The molecule has 3 aromatic heterocycles. The molecule has 4 rings (SSSR count). The lowest BCUT2D eigenvalue weighted by Crippen LogP contribution is -2.12. The second-order valence-electron chi connectivity index (χ2n) is 7.45. The maximum absolute atomic E-state index is 6.08. The Labute approximate surface area is 182 Å². The van der Waals surface area contributed by atoms with Gasteiger partial charge in [-0.05, 0) is 36.8 Å². The normalized spacial score (nSPS) is 11.7. The van der Waals surface area contributed by atoms with Gasteiger partial charge in [0.25, 0.3) is 0 Å². The van der Waals surface area contributed by atoms with Gasteiger partial charge in [0, 0.05) is 53.9 Å². The van der Waals surface area contributed by atoms with E-state index in [-0.39, 0.29) is 5.92 Å². The smallest absolute Gasteiger partial charge is 0.129 e. The first-order valence-electron chi connectivity index (χ1n) is 10.3. The van der Waals surface area contributed by atoms with Crippen LogP contribution in [-0.4, -0.2) is 26.5 Å². The van der Waals surface area contributed by atoms with Crippen LogP contribution in [-0.2, 0) is 6.61 Å². The van der Waals surface area contributed by atoms with E-state index in [4.69, 9.17) is 4.74 Å². The molecule has 0 aliphatic carbocycles. The first-order valence-corrected chi connectivity index (χ1v) is 10.3. The summed E-state index contributed by atoms with van der Waals surface area (Å²) in [5.41, 5.74) is 4.99. The zero-order chi connectivity index (χ0) is 21.5. The summed E-state index contributed by atoms with van der Waals surface area (Å²) in [5, 5.41) is 3.43. The molecule has 4 aromatic rings. The van der Waals surface area contributed by atoms with Crippen molar-refractivity contribution in [1.29, 1.82) is 0 Å². The number of benzene rings is 1. The highest BCUT2D eigenvalue weighted by Crippen LogP contribution is 2.27. The molecule has 0 aliphatic rings. The summed E-state index contributed by atoms with van der Waals surface area (Å²) in [7, 11) is 0. The van der Waals surface area contributed by atoms with Crippen molar-refractivity contribution in [1.82, 2.24) is 19.9 Å². The monoisotopic (exact) mass is 411 g/mol. The van der Waals surface area contributed by atoms with Gasteiger partial charge in [0.1, 0.15) is 24.5 Å². The Morgan fingerprint density at radius 1 is 0.968 bits per heavy atom. The molecule has 0 radical (unpaired) electrons. The molecule has 3 heterocycles. The van der Waals surface area contributed by atoms with Gasteiger partial charge in [-0.15, -0.1) is 0 Å². The van der Waals surface area contributed by atoms with E-state index in [0.717, 1.165) is 46.2 Å². The Hall–Kier alpha value is -3.80. The number of aromatic nitrogens is 4. The number of nitrogens with one attached hydrogen (secondary N) is 1. The third-order valence-electron chi connectivity index (χ3n) is 5.03. The predicted octanol–water partition coefficient (Wildman–Crippen LogP) is 5.04. The molecule has 156 valence electrons. The fraction of sp³-hybridized carbons (Fsp3) is 0.200. The summed E-state index contributed by atoms with van der Waals surface area (Å²) in [5.74, 6) is 1.89. The van der Waals surface area contributed by atoms with Gasteiger partial charge in [-0.25, -0.2) is 9.97 Å². The largest absolute Gasteiger partial charge is 0.489 e. The quantitative estimate of drug-likeness (QED) is 0.438. The van der Waals surface area contributed by atoms with Crippen LogP contribution in [0.25, 0.3) is 11.3 Å². The molecular weight excluding hydrogens is 386 g/mol. The van der Waals surface area contributed by atoms with Crippen molar-refractivity contribution in [3.63, 3.8) is 0 Å². The molecular formula is C25H25N5O. The summed E-state index contributed by atoms with van der Waals surface area (Å²) in [6, 6.07) is 18.0. The first kappa shape index (κ1) is 20.5. The number of rotatable bonds is 8. The fourth-order valence-electron chi connectivity index (χ4n) is 3.26. The second kappa shape index (κ2) is 9.80. The number of para-hydroxylation sites is 1. The zero-order valence-electron chi connectivity index (χ0n) is 17.7. The molecule has 6 nitrogen and oxygen atoms in total. The number of hydrogen-bond donors (Lipinski definition) is 1. The van der Waals surface area contributed by atoms with Crippen LogP contribution in [0, 0.1) is 6.92 Å². The molecule has 0 aliphatic heterocycles. The van der Waals surface area contributed by atoms with E-state index in [1.165, 1.54) is 0 Å². The molecule has 6 heteroatoms. The summed E-state index contributed by atoms with van der Waals surface area (Å²) < 4.78 is 6.08. The molecule has 0 fully saturated rings. The third kappa shape index (κ3) is 5.42. The molecule has 0 bridgehead atoms. The number of nitrogens with zero attached hydrogens (tertiary/aromatic N) is 4. The van der Waals surface area contributed by atoms with Crippen molar-refractivity contribution in [2.24, 2.45) is 0 Å². The maximum atomic E-state index is 6.08. The van der Waals surface area contributed by atoms with Crippen molar-refractivity contribution in [2.75, 3.05) is 11.9 Å². The van der Waals surface area contributed by atoms with Gasteiger partial charge in [-0.1, -0.05) is 31.2 Å². The lowest BCUT2D eigenvalue weighted by Gasteiger charge is -2.18. The van der Waals surface area contributed by atoms with Gasteiger partial charge in [-0.2, -0.15) is 0 Å². The highest BCUT2D eigenvalue weighted by molar-refractivity contribution is 5.61. The minimum absolute atomic E-state index is 0.226. The van der Waals surface area contributed by atoms with Crippen molar-refractivity contribution >= 4 is 5.82 Å². The molecule has 1 N–H and O–H groups in total. The molecule has 31 heavy (non-hydrogen) atoms. The standard InChI is InChI=1S/C25H25N5O/c1-18(22-7-3-4-8-24(22)31-16-20-6-5-11-26-14-20)13-28-25-12-23(29-17-30-25)21-10-9-19(2)27-15-21/h3-12,14-15,17-18H,13,16H2,1-2H3,(H,28,29,30). The van der Waals surface area contributed by atoms with E-state index in [2.05, 4.69) is 38.2 Å². The van der Waals surface area contributed by atoms with Crippen LogP contribution in [0.4, 0.5) is 5.82 Å². The number of ether oxygens (including phenoxy) is 1. The van der Waals surface area contributed by atoms with E-state index in [1.54, 1.807) is 12.5 Å². The Morgan fingerprint density at radius 3 is 2.68 bits per heavy atom. The molecule has 0 saturated carbocycles. The highest BCUT2D eigenvalue weighted by Gasteiger charge is 2.12. The fourth-order valence-corrected chi connectivity index (χ4v) is 3.26. The minimum Gasteiger partial charge on any atom is -0.489 e. The topological polar surface area (TPSA) is 72.8 Å². The first-order chi connectivity index (χ1) is 15.2. The SMILES string of the molecule is Cc1ccc(-c2cc(NCC(C)c3ccccc3OCc3cccnc3)ncn2)cn1. The summed E-state index contributed by atoms with van der Waals surface area (Å²) in [6.45, 7) is 5.35. The highest BCUT2D eigenvalue weighted by atomic mass is 16.5. The van der Waals surface area contributed by atoms with Crippen molar-refractivity contribution in [2.45, 2.75) is 26.4 Å². The number of aryl methyl sites for hydroxylation is 1. The zero-order valence-corrected chi connectivity index (χ0v) is 17.7. The van der Waals surface area contributed by atoms with Crippen LogP contribution in [0.3, 0.4) is 0 Å². The van der Waals surface area contributed by atoms with Gasteiger partial charge in [-0.3, -0.25) is 9.97 Å². The molecule has 0 spiro atoms. The van der Waals surface area contributed by atoms with Crippen LogP contribution < -0.4 is 10.1 Å². The summed E-state index contributed by atoms with van der Waals surface area (Å²) in [4.78, 5) is 17.2. The van der Waals surface area contributed by atoms with Crippen LogP contribution >= 0.6 is 0 Å². The van der Waals surface area contributed by atoms with Crippen molar-refractivity contribution in [3.05, 3.63) is 96.3 Å². The Kier molecular flexibility index (Phi) is 6.47. The van der Waals surface area contributed by atoms with Crippen LogP contribution in [0.1, 0.15) is 29.7 Å². The van der Waals surface area contributed by atoms with Gasteiger partial charge in [0.15, 0.2) is 0 Å². The van der Waals surface area contributed by atoms with E-state index >= 15 is 0 Å². The van der Waals surface area contributed by atoms with Crippen LogP contribution in [0.2, 0.25) is 0 Å². The number of hydrogen-bond acceptors (Lipinski definition) is 6. The molecule has 1 unspecified atom stereocenters. The average Bonchev–Trinajstić information content (AvgIpc) is 2.83. The molecule has 1 aromatic carbocycles. The maximum Gasteiger partial charge on any atom is 0.129 e. The van der Waals surface area contributed by atoms with Crippen LogP contribution in [0.15, 0.2) is 79.5 Å². The molecule has 1 atom stereocenters. The van der Waals surface area contributed by atoms with E-state index in [1.807, 2.05) is 67.8 Å². The summed E-state index contributed by atoms with van der Waals surface area (Å²) >= 11 is 0. The Morgan fingerprint density at radius 2 is 1.87 bits per heavy atom. The van der Waals surface area contributed by atoms with E-state index in [0.29, 0.717) is 6.61 Å². The lowest BCUT2D eigenvalue weighted by atomic mass is 10.00. The van der Waals surface area contributed by atoms with Gasteiger partial charge in [0.2, 0.25) is 0 Å². The van der Waals surface area contributed by atoms with E-state index < -0.39 is 0 Å². The summed E-state index contributed by atoms with van der Waals surface area (Å²) in [6.07, 6.45) is 7.00. The van der Waals surface area contributed by atoms with Gasteiger partial charge < -0.3 is 10.1 Å². The molecule has 0 amide bonds. The number of anilines is 1. The average molecular weight is 412 g/mol. The van der Waals surface area contributed by atoms with Crippen LogP contribution in [0.5, 0.6) is 5.75 Å². The van der Waals surface area contributed by atoms with Crippen molar-refractivity contribution < 1.29 is 4.74 Å². The Balaban J connectivity index is 1.42. The third-order valence-corrected chi connectivity index (χ3v) is 5.03. The van der Waals surface area contributed by atoms with Gasteiger partial charge >= 0.3 is 0 Å². The lowest BCUT2D eigenvalue weighted by molar-refractivity contribution is 0.301. The second-order valence-corrected chi connectivity index (χ2v) is 7.45. The van der Waals surface area contributed by atoms with E-state index in [9.17, 15) is 0 Å². The van der Waals surface area contributed by atoms with Crippen molar-refractivity contribution in [3.8, 4) is 17.0 Å². The number of pyridine rings is 2. The minimum atomic E-state index is 0.226. The Bertz CT molecular complexity index is 1120.